The van der Waals surface area contributed by atoms with E-state index in [2.05, 4.69) is 36.2 Å². The molecule has 0 amide bonds. The Bertz CT molecular complexity index is 712. The first-order chi connectivity index (χ1) is 10.9. The Kier molecular flexibility index (Phi) is 3.50. The van der Waals surface area contributed by atoms with Crippen LogP contribution in [0.4, 0.5) is 0 Å². The largest absolute Gasteiger partial charge is 0.231 e. The Morgan fingerprint density at radius 2 is 1.91 bits per heavy atom. The van der Waals surface area contributed by atoms with Crippen molar-refractivity contribution in [2.45, 2.75) is 48.9 Å². The van der Waals surface area contributed by atoms with E-state index in [0.29, 0.717) is 15.8 Å². The van der Waals surface area contributed by atoms with E-state index in [4.69, 9.17) is 11.6 Å². The first kappa shape index (κ1) is 15.5. The van der Waals surface area contributed by atoms with Gasteiger partial charge in [-0.2, -0.15) is 0 Å². The molecule has 1 aromatic carbocycles. The normalized spacial score (nSPS) is 34.9. The van der Waals surface area contributed by atoms with Crippen LogP contribution < -0.4 is 0 Å². The molecule has 1 aromatic heterocycles. The summed E-state index contributed by atoms with van der Waals surface area (Å²) in [5, 5.41) is 13.9. The Morgan fingerprint density at radius 1 is 1.17 bits per heavy atom. The second kappa shape index (κ2) is 5.21. The number of thioether (sulfide) groups is 1. The predicted octanol–water partition coefficient (Wildman–Crippen LogP) is 4.19. The lowest BCUT2D eigenvalue weighted by molar-refractivity contribution is 0.406. The van der Waals surface area contributed by atoms with Crippen molar-refractivity contribution in [3.63, 3.8) is 0 Å². The number of hydrogen-bond acceptors (Lipinski definition) is 4. The van der Waals surface area contributed by atoms with Crippen LogP contribution >= 0.6 is 23.4 Å². The van der Waals surface area contributed by atoms with Gasteiger partial charge in [0.1, 0.15) is 0 Å². The van der Waals surface area contributed by atoms with E-state index in [-0.39, 0.29) is 4.87 Å². The molecule has 122 valence electrons. The molecule has 4 rings (SSSR count). The van der Waals surface area contributed by atoms with E-state index >= 15 is 0 Å². The number of tetrazole rings is 1. The van der Waals surface area contributed by atoms with Crippen LogP contribution in [0, 0.1) is 17.3 Å². The highest BCUT2D eigenvalue weighted by Gasteiger charge is 2.63. The van der Waals surface area contributed by atoms with Gasteiger partial charge in [-0.3, -0.25) is 0 Å². The number of benzene rings is 1. The topological polar surface area (TPSA) is 43.6 Å². The van der Waals surface area contributed by atoms with Crippen molar-refractivity contribution in [3.8, 4) is 5.69 Å². The van der Waals surface area contributed by atoms with Crippen LogP contribution in [0.15, 0.2) is 35.5 Å². The first-order valence-electron chi connectivity index (χ1n) is 8.09. The predicted molar refractivity (Wildman–Crippen MR) is 93.1 cm³/mol. The van der Waals surface area contributed by atoms with Gasteiger partial charge < -0.3 is 0 Å². The Morgan fingerprint density at radius 3 is 2.65 bits per heavy atom. The maximum atomic E-state index is 6.86. The van der Waals surface area contributed by atoms with Crippen molar-refractivity contribution < 1.29 is 0 Å². The highest BCUT2D eigenvalue weighted by molar-refractivity contribution is 7.99. The van der Waals surface area contributed by atoms with Crippen molar-refractivity contribution in [2.24, 2.45) is 17.3 Å². The van der Waals surface area contributed by atoms with Crippen molar-refractivity contribution in [3.05, 3.63) is 30.3 Å². The van der Waals surface area contributed by atoms with E-state index in [1.807, 2.05) is 30.3 Å². The third kappa shape index (κ3) is 2.68. The average molecular weight is 349 g/mol. The summed E-state index contributed by atoms with van der Waals surface area (Å²) in [5.41, 5.74) is 1.37. The smallest absolute Gasteiger partial charge is 0.130 e. The fourth-order valence-corrected chi connectivity index (χ4v) is 5.48. The summed E-state index contributed by atoms with van der Waals surface area (Å²) in [6, 6.07) is 9.86. The number of halogens is 1. The summed E-state index contributed by atoms with van der Waals surface area (Å²) in [5.74, 6) is 1.56. The Hall–Kier alpha value is -1.07. The zero-order chi connectivity index (χ0) is 16.2. The number of nitrogens with zero attached hydrogens (tertiary/aromatic N) is 4. The van der Waals surface area contributed by atoms with Crippen molar-refractivity contribution in [1.82, 2.24) is 20.2 Å². The van der Waals surface area contributed by atoms with E-state index in [1.165, 1.54) is 0 Å². The third-order valence-electron chi connectivity index (χ3n) is 5.68. The molecule has 1 heterocycles. The van der Waals surface area contributed by atoms with Gasteiger partial charge in [0.2, 0.25) is 5.16 Å². The van der Waals surface area contributed by atoms with Gasteiger partial charge in [-0.15, -0.1) is 26.6 Å². The van der Waals surface area contributed by atoms with Crippen LogP contribution in [0.2, 0.25) is 0 Å². The summed E-state index contributed by atoms with van der Waals surface area (Å²) in [6.07, 6.45) is 2.22. The van der Waals surface area contributed by atoms with Gasteiger partial charge in [-0.1, -0.05) is 43.8 Å². The number of rotatable bonds is 3. The molecule has 23 heavy (non-hydrogen) atoms. The lowest BCUT2D eigenvalue weighted by Gasteiger charge is -2.34. The van der Waals surface area contributed by atoms with Gasteiger partial charge in [-0.05, 0) is 54.4 Å². The first-order valence-corrected chi connectivity index (χ1v) is 9.35. The van der Waals surface area contributed by atoms with Gasteiger partial charge in [0.25, 0.3) is 0 Å². The van der Waals surface area contributed by atoms with Crippen LogP contribution in [0.5, 0.6) is 0 Å². The molecular formula is C17H21ClN4S. The molecule has 0 spiro atoms. The van der Waals surface area contributed by atoms with Gasteiger partial charge >= 0.3 is 0 Å². The Labute approximate surface area is 146 Å². The molecular weight excluding hydrogens is 328 g/mol. The SMILES string of the molecule is CC1(C)[C@@H]2C[C@H](Sc3nnn(-c4ccccc4)n3)[C@@](C)(Cl)C[C@H]21. The monoisotopic (exact) mass is 348 g/mol. The number of hydrogen-bond donors (Lipinski definition) is 0. The summed E-state index contributed by atoms with van der Waals surface area (Å²) in [4.78, 5) is 1.39. The molecule has 2 aromatic rings. The molecule has 2 aliphatic rings. The van der Waals surface area contributed by atoms with E-state index in [1.54, 1.807) is 16.6 Å². The molecule has 0 bridgehead atoms. The van der Waals surface area contributed by atoms with Crippen LogP contribution in [0.3, 0.4) is 0 Å². The number of aromatic nitrogens is 4. The van der Waals surface area contributed by atoms with Crippen molar-refractivity contribution >= 4 is 23.4 Å². The van der Waals surface area contributed by atoms with Crippen LogP contribution in [-0.2, 0) is 0 Å². The maximum absolute atomic E-state index is 6.86. The molecule has 0 N–H and O–H groups in total. The molecule has 2 saturated carbocycles. The van der Waals surface area contributed by atoms with Crippen LogP contribution in [0.25, 0.3) is 5.69 Å². The lowest BCUT2D eigenvalue weighted by atomic mass is 9.89. The Balaban J connectivity index is 1.51. The van der Waals surface area contributed by atoms with E-state index < -0.39 is 0 Å². The standard InChI is InChI=1S/C17H21ClN4S/c1-16(2)12-9-14(17(3,18)10-13(12)16)23-15-19-21-22(20-15)11-7-5-4-6-8-11/h4-8,12-14H,9-10H2,1-3H3/t12-,13-,14+,17+/m1/s1. The van der Waals surface area contributed by atoms with E-state index in [9.17, 15) is 0 Å². The fraction of sp³-hybridized carbons (Fsp3) is 0.588. The number of fused-ring (bicyclic) bond motifs is 1. The van der Waals surface area contributed by atoms with E-state index in [0.717, 1.165) is 30.4 Å². The fourth-order valence-electron chi connectivity index (χ4n) is 3.99. The minimum absolute atomic E-state index is 0.197. The molecule has 0 aliphatic heterocycles. The lowest BCUT2D eigenvalue weighted by Crippen LogP contribution is -2.35. The molecule has 2 fully saturated rings. The zero-order valence-corrected chi connectivity index (χ0v) is 15.2. The number of para-hydroxylation sites is 1. The molecule has 0 unspecified atom stereocenters. The average Bonchev–Trinajstić information content (AvgIpc) is 2.89. The molecule has 4 atom stereocenters. The highest BCUT2D eigenvalue weighted by atomic mass is 35.5. The highest BCUT2D eigenvalue weighted by Crippen LogP contribution is 2.68. The summed E-state index contributed by atoms with van der Waals surface area (Å²) >= 11 is 8.54. The van der Waals surface area contributed by atoms with Gasteiger partial charge in [0.15, 0.2) is 0 Å². The number of alkyl halides is 1. The van der Waals surface area contributed by atoms with Gasteiger partial charge in [-0.25, -0.2) is 0 Å². The molecule has 6 heteroatoms. The van der Waals surface area contributed by atoms with Crippen LogP contribution in [0.1, 0.15) is 33.6 Å². The molecule has 2 aliphatic carbocycles. The maximum Gasteiger partial charge on any atom is 0.231 e. The quantitative estimate of drug-likeness (QED) is 0.780. The summed E-state index contributed by atoms with van der Waals surface area (Å²) in [7, 11) is 0. The minimum Gasteiger partial charge on any atom is -0.130 e. The third-order valence-corrected chi connectivity index (χ3v) is 7.59. The van der Waals surface area contributed by atoms with Crippen LogP contribution in [-0.4, -0.2) is 30.3 Å². The molecule has 0 saturated heterocycles. The summed E-state index contributed by atoms with van der Waals surface area (Å²) in [6.45, 7) is 6.90. The van der Waals surface area contributed by atoms with Crippen molar-refractivity contribution in [1.29, 1.82) is 0 Å². The second-order valence-electron chi connectivity index (χ2n) is 7.56. The molecule has 4 nitrogen and oxygen atoms in total. The van der Waals surface area contributed by atoms with Gasteiger partial charge in [0, 0.05) is 5.25 Å². The summed E-state index contributed by atoms with van der Waals surface area (Å²) < 4.78 is 0. The zero-order valence-electron chi connectivity index (χ0n) is 13.6. The van der Waals surface area contributed by atoms with Gasteiger partial charge in [0.05, 0.1) is 10.6 Å². The second-order valence-corrected chi connectivity index (χ2v) is 9.59. The minimum atomic E-state index is -0.197. The van der Waals surface area contributed by atoms with Crippen molar-refractivity contribution in [2.75, 3.05) is 0 Å². The molecule has 0 radical (unpaired) electrons.